The molecule has 2 aromatic heterocycles. The number of aromatic amines is 1. The zero-order valence-electron chi connectivity index (χ0n) is 11.0. The van der Waals surface area contributed by atoms with Crippen LogP contribution in [0.4, 0.5) is 0 Å². The van der Waals surface area contributed by atoms with Gasteiger partial charge in [-0.25, -0.2) is 4.98 Å². The number of hydrogen-bond acceptors (Lipinski definition) is 5. The van der Waals surface area contributed by atoms with Crippen LogP contribution in [0, 0.1) is 0 Å². The van der Waals surface area contributed by atoms with Crippen molar-refractivity contribution in [3.05, 3.63) is 41.8 Å². The first kappa shape index (κ1) is 11.6. The van der Waals surface area contributed by atoms with Gasteiger partial charge in [0.25, 0.3) is 0 Å². The Bertz CT molecular complexity index is 693. The van der Waals surface area contributed by atoms with Gasteiger partial charge in [0, 0.05) is 6.54 Å². The lowest BCUT2D eigenvalue weighted by atomic mass is 10.1. The van der Waals surface area contributed by atoms with Crippen LogP contribution >= 0.6 is 0 Å². The molecule has 6 heteroatoms. The van der Waals surface area contributed by atoms with Crippen molar-refractivity contribution in [2.24, 2.45) is 0 Å². The zero-order chi connectivity index (χ0) is 13.4. The van der Waals surface area contributed by atoms with Gasteiger partial charge in [-0.2, -0.15) is 4.98 Å². The van der Waals surface area contributed by atoms with E-state index in [0.717, 1.165) is 42.3 Å². The number of H-pyrrole nitrogens is 1. The van der Waals surface area contributed by atoms with Gasteiger partial charge < -0.3 is 14.8 Å². The molecule has 1 aromatic carbocycles. The number of aromatic nitrogens is 4. The van der Waals surface area contributed by atoms with E-state index in [4.69, 9.17) is 4.52 Å². The fourth-order valence-corrected chi connectivity index (χ4v) is 2.61. The van der Waals surface area contributed by atoms with Gasteiger partial charge in [-0.3, -0.25) is 0 Å². The lowest BCUT2D eigenvalue weighted by molar-refractivity contribution is 0.355. The fourth-order valence-electron chi connectivity index (χ4n) is 2.61. The van der Waals surface area contributed by atoms with Gasteiger partial charge >= 0.3 is 0 Å². The Labute approximate surface area is 115 Å². The van der Waals surface area contributed by atoms with Crippen LogP contribution in [0.2, 0.25) is 0 Å². The van der Waals surface area contributed by atoms with Crippen LogP contribution < -0.4 is 5.32 Å². The summed E-state index contributed by atoms with van der Waals surface area (Å²) in [5.41, 5.74) is 2.00. The Morgan fingerprint density at radius 1 is 1.25 bits per heavy atom. The molecule has 3 heterocycles. The van der Waals surface area contributed by atoms with Gasteiger partial charge in [0.2, 0.25) is 5.89 Å². The van der Waals surface area contributed by atoms with E-state index in [1.54, 1.807) is 0 Å². The monoisotopic (exact) mass is 269 g/mol. The van der Waals surface area contributed by atoms with Crippen LogP contribution in [0.25, 0.3) is 11.0 Å². The second-order valence-corrected chi connectivity index (χ2v) is 5.12. The standard InChI is InChI=1S/C14H15N5O/c1-2-4-11-10(3-1)16-12(17-11)7-13-18-14(20-19-13)9-5-6-15-8-9/h1-4,9,15H,5-8H2,(H,16,17). The molecule has 20 heavy (non-hydrogen) atoms. The van der Waals surface area contributed by atoms with Gasteiger partial charge in [-0.15, -0.1) is 0 Å². The highest BCUT2D eigenvalue weighted by Crippen LogP contribution is 2.21. The van der Waals surface area contributed by atoms with E-state index >= 15 is 0 Å². The third kappa shape index (κ3) is 2.08. The number of nitrogens with zero attached hydrogens (tertiary/aromatic N) is 3. The average molecular weight is 269 g/mol. The smallest absolute Gasteiger partial charge is 0.231 e. The molecule has 3 aromatic rings. The van der Waals surface area contributed by atoms with Crippen molar-refractivity contribution in [3.63, 3.8) is 0 Å². The number of para-hydroxylation sites is 2. The number of fused-ring (bicyclic) bond motifs is 1. The Morgan fingerprint density at radius 2 is 2.20 bits per heavy atom. The summed E-state index contributed by atoms with van der Waals surface area (Å²) in [6.07, 6.45) is 1.63. The number of hydrogen-bond donors (Lipinski definition) is 2. The molecular formula is C14H15N5O. The summed E-state index contributed by atoms with van der Waals surface area (Å²) in [5, 5.41) is 7.35. The topological polar surface area (TPSA) is 79.6 Å². The molecule has 1 fully saturated rings. The summed E-state index contributed by atoms with van der Waals surface area (Å²) in [6, 6.07) is 7.97. The predicted molar refractivity (Wildman–Crippen MR) is 73.4 cm³/mol. The molecule has 4 rings (SSSR count). The summed E-state index contributed by atoms with van der Waals surface area (Å²) in [6.45, 7) is 1.94. The lowest BCUT2D eigenvalue weighted by Gasteiger charge is -1.98. The highest BCUT2D eigenvalue weighted by Gasteiger charge is 2.22. The normalized spacial score (nSPS) is 18.9. The first-order valence-corrected chi connectivity index (χ1v) is 6.85. The molecule has 0 aliphatic carbocycles. The molecule has 0 bridgehead atoms. The first-order valence-electron chi connectivity index (χ1n) is 6.85. The van der Waals surface area contributed by atoms with Gasteiger partial charge in [-0.05, 0) is 25.1 Å². The van der Waals surface area contributed by atoms with Crippen LogP contribution in [-0.2, 0) is 6.42 Å². The summed E-state index contributed by atoms with van der Waals surface area (Å²) in [4.78, 5) is 12.3. The van der Waals surface area contributed by atoms with E-state index in [9.17, 15) is 0 Å². The molecular weight excluding hydrogens is 254 g/mol. The molecule has 1 aliphatic heterocycles. The Balaban J connectivity index is 1.56. The number of benzene rings is 1. The summed E-state index contributed by atoms with van der Waals surface area (Å²) in [5.74, 6) is 2.64. The quantitative estimate of drug-likeness (QED) is 0.755. The minimum Gasteiger partial charge on any atom is -0.342 e. The van der Waals surface area contributed by atoms with Gasteiger partial charge in [0.05, 0.1) is 23.4 Å². The minimum absolute atomic E-state index is 0.354. The van der Waals surface area contributed by atoms with Crippen molar-refractivity contribution < 1.29 is 4.52 Å². The zero-order valence-corrected chi connectivity index (χ0v) is 11.0. The second-order valence-electron chi connectivity index (χ2n) is 5.12. The first-order chi connectivity index (χ1) is 9.88. The van der Waals surface area contributed by atoms with Crippen molar-refractivity contribution in [2.45, 2.75) is 18.8 Å². The van der Waals surface area contributed by atoms with Crippen molar-refractivity contribution in [3.8, 4) is 0 Å². The third-order valence-electron chi connectivity index (χ3n) is 3.66. The molecule has 1 unspecified atom stereocenters. The second kappa shape index (κ2) is 4.72. The summed E-state index contributed by atoms with van der Waals surface area (Å²) < 4.78 is 5.35. The summed E-state index contributed by atoms with van der Waals surface area (Å²) in [7, 11) is 0. The van der Waals surface area contributed by atoms with Crippen LogP contribution in [0.1, 0.15) is 29.9 Å². The van der Waals surface area contributed by atoms with Crippen LogP contribution in [0.5, 0.6) is 0 Å². The van der Waals surface area contributed by atoms with E-state index < -0.39 is 0 Å². The maximum absolute atomic E-state index is 5.35. The third-order valence-corrected chi connectivity index (χ3v) is 3.66. The Morgan fingerprint density at radius 3 is 3.05 bits per heavy atom. The molecule has 0 spiro atoms. The summed E-state index contributed by atoms with van der Waals surface area (Å²) >= 11 is 0. The number of nitrogens with one attached hydrogen (secondary N) is 2. The maximum atomic E-state index is 5.35. The SMILES string of the molecule is c1ccc2[nH]c(Cc3noc(C4CCNC4)n3)nc2c1. The molecule has 2 N–H and O–H groups in total. The maximum Gasteiger partial charge on any atom is 0.231 e. The fraction of sp³-hybridized carbons (Fsp3) is 0.357. The van der Waals surface area contributed by atoms with Gasteiger partial charge in [0.1, 0.15) is 5.82 Å². The van der Waals surface area contributed by atoms with Crippen LogP contribution in [0.15, 0.2) is 28.8 Å². The van der Waals surface area contributed by atoms with E-state index in [2.05, 4.69) is 25.4 Å². The van der Waals surface area contributed by atoms with Crippen LogP contribution in [0.3, 0.4) is 0 Å². The number of imidazole rings is 1. The molecule has 1 saturated heterocycles. The molecule has 1 aliphatic rings. The van der Waals surface area contributed by atoms with Crippen molar-refractivity contribution >= 4 is 11.0 Å². The van der Waals surface area contributed by atoms with Gasteiger partial charge in [0.15, 0.2) is 5.82 Å². The molecule has 0 saturated carbocycles. The largest absolute Gasteiger partial charge is 0.342 e. The minimum atomic E-state index is 0.354. The predicted octanol–water partition coefficient (Wildman–Crippen LogP) is 1.61. The van der Waals surface area contributed by atoms with Crippen molar-refractivity contribution in [2.75, 3.05) is 13.1 Å². The average Bonchev–Trinajstić information content (AvgIpc) is 3.18. The highest BCUT2D eigenvalue weighted by atomic mass is 16.5. The van der Waals surface area contributed by atoms with Crippen molar-refractivity contribution in [1.29, 1.82) is 0 Å². The molecule has 6 nitrogen and oxygen atoms in total. The Hall–Kier alpha value is -2.21. The molecule has 0 radical (unpaired) electrons. The van der Waals surface area contributed by atoms with Crippen molar-refractivity contribution in [1.82, 2.24) is 25.4 Å². The Kier molecular flexibility index (Phi) is 2.74. The molecule has 0 amide bonds. The van der Waals surface area contributed by atoms with Gasteiger partial charge in [-0.1, -0.05) is 17.3 Å². The van der Waals surface area contributed by atoms with Crippen LogP contribution in [-0.4, -0.2) is 33.2 Å². The van der Waals surface area contributed by atoms with E-state index in [0.29, 0.717) is 18.2 Å². The molecule has 1 atom stereocenters. The molecule has 102 valence electrons. The van der Waals surface area contributed by atoms with E-state index in [1.807, 2.05) is 24.3 Å². The highest BCUT2D eigenvalue weighted by molar-refractivity contribution is 5.74. The van der Waals surface area contributed by atoms with E-state index in [1.165, 1.54) is 0 Å². The van der Waals surface area contributed by atoms with E-state index in [-0.39, 0.29) is 0 Å². The number of rotatable bonds is 3. The lowest BCUT2D eigenvalue weighted by Crippen LogP contribution is -2.08.